The monoisotopic (exact) mass is 276 g/mol. The zero-order chi connectivity index (χ0) is 13.8. The van der Waals surface area contributed by atoms with Crippen LogP contribution >= 0.6 is 11.3 Å². The zero-order valence-electron chi connectivity index (χ0n) is 10.8. The summed E-state index contributed by atoms with van der Waals surface area (Å²) in [5.74, 6) is -0.361. The third-order valence-electron chi connectivity index (χ3n) is 2.63. The van der Waals surface area contributed by atoms with Crippen molar-refractivity contribution >= 4 is 17.3 Å². The maximum Gasteiger partial charge on any atom is 0.119 e. The number of rotatable bonds is 5. The van der Waals surface area contributed by atoms with Crippen molar-refractivity contribution in [1.29, 1.82) is 0 Å². The molecular formula is C14H14NO3S-. The largest absolute Gasteiger partial charge is 0.544 e. The molecule has 0 amide bonds. The summed E-state index contributed by atoms with van der Waals surface area (Å²) in [6.45, 7) is 4.16. The molecule has 0 aliphatic rings. The molecular weight excluding hydrogens is 262 g/mol. The van der Waals surface area contributed by atoms with Crippen LogP contribution in [-0.4, -0.2) is 17.6 Å². The lowest BCUT2D eigenvalue weighted by atomic mass is 10.2. The van der Waals surface area contributed by atoms with E-state index in [0.29, 0.717) is 18.7 Å². The third kappa shape index (κ3) is 3.54. The average molecular weight is 276 g/mol. The summed E-state index contributed by atoms with van der Waals surface area (Å²) >= 11 is 1.15. The second-order valence-corrected chi connectivity index (χ2v) is 5.30. The van der Waals surface area contributed by atoms with Gasteiger partial charge in [0.2, 0.25) is 0 Å². The molecule has 1 aromatic heterocycles. The van der Waals surface area contributed by atoms with Gasteiger partial charge in [0.25, 0.3) is 0 Å². The van der Waals surface area contributed by atoms with Crippen molar-refractivity contribution in [2.45, 2.75) is 20.3 Å². The van der Waals surface area contributed by atoms with Crippen LogP contribution in [0.4, 0.5) is 0 Å². The lowest BCUT2D eigenvalue weighted by Gasteiger charge is -2.04. The van der Waals surface area contributed by atoms with Gasteiger partial charge in [-0.05, 0) is 26.0 Å². The van der Waals surface area contributed by atoms with E-state index in [2.05, 4.69) is 4.98 Å². The molecule has 0 N–H and O–H groups in total. The quantitative estimate of drug-likeness (QED) is 0.834. The number of hydrogen-bond acceptors (Lipinski definition) is 5. The van der Waals surface area contributed by atoms with Crippen molar-refractivity contribution < 1.29 is 14.6 Å². The van der Waals surface area contributed by atoms with Gasteiger partial charge in [-0.3, -0.25) is 0 Å². The van der Waals surface area contributed by atoms with Crippen LogP contribution < -0.4 is 9.84 Å². The molecule has 0 spiro atoms. The second-order valence-electron chi connectivity index (χ2n) is 4.22. The van der Waals surface area contributed by atoms with E-state index in [4.69, 9.17) is 4.74 Å². The van der Waals surface area contributed by atoms with Gasteiger partial charge in [0.1, 0.15) is 5.75 Å². The maximum absolute atomic E-state index is 10.8. The summed E-state index contributed by atoms with van der Waals surface area (Å²) in [5, 5.41) is 11.5. The highest BCUT2D eigenvalue weighted by molar-refractivity contribution is 7.13. The first-order chi connectivity index (χ1) is 9.06. The molecule has 0 aliphatic heterocycles. The molecule has 0 atom stereocenters. The Morgan fingerprint density at radius 3 is 2.58 bits per heavy atom. The molecule has 100 valence electrons. The van der Waals surface area contributed by atoms with Crippen molar-refractivity contribution in [3.63, 3.8) is 0 Å². The average Bonchev–Trinajstić information content (AvgIpc) is 2.73. The summed E-state index contributed by atoms with van der Waals surface area (Å²) in [6, 6.07) is 7.79. The Hall–Kier alpha value is -1.88. The number of benzene rings is 1. The molecule has 5 heteroatoms. The van der Waals surface area contributed by atoms with Gasteiger partial charge in [-0.1, -0.05) is 17.7 Å². The predicted octanol–water partition coefficient (Wildman–Crippen LogP) is 1.74. The Balaban J connectivity index is 1.90. The van der Waals surface area contributed by atoms with Crippen LogP contribution in [0.2, 0.25) is 0 Å². The fourth-order valence-electron chi connectivity index (χ4n) is 1.64. The summed E-state index contributed by atoms with van der Waals surface area (Å²) in [7, 11) is 0. The number of carbonyl (C=O) groups excluding carboxylic acids is 1. The topological polar surface area (TPSA) is 62.2 Å². The predicted molar refractivity (Wildman–Crippen MR) is 71.6 cm³/mol. The number of aromatic carboxylic acids is 1. The van der Waals surface area contributed by atoms with Crippen molar-refractivity contribution in [1.82, 2.24) is 4.98 Å². The molecule has 0 saturated heterocycles. The summed E-state index contributed by atoms with van der Waals surface area (Å²) < 4.78 is 5.58. The highest BCUT2D eigenvalue weighted by atomic mass is 32.1. The fraction of sp³-hybridized carbons (Fsp3) is 0.286. The molecule has 0 aliphatic carbocycles. The number of ether oxygens (including phenoxy) is 1. The van der Waals surface area contributed by atoms with Crippen LogP contribution in [0.15, 0.2) is 24.3 Å². The van der Waals surface area contributed by atoms with Crippen LogP contribution in [0.5, 0.6) is 5.75 Å². The first kappa shape index (κ1) is 13.5. The molecule has 0 bridgehead atoms. The lowest BCUT2D eigenvalue weighted by molar-refractivity contribution is -0.254. The maximum atomic E-state index is 10.8. The highest BCUT2D eigenvalue weighted by Crippen LogP contribution is 2.18. The van der Waals surface area contributed by atoms with E-state index in [0.717, 1.165) is 22.1 Å². The number of aryl methyl sites for hydroxylation is 2. The Bertz CT molecular complexity index is 575. The normalized spacial score (nSPS) is 10.4. The lowest BCUT2D eigenvalue weighted by Crippen LogP contribution is -2.21. The van der Waals surface area contributed by atoms with Crippen molar-refractivity contribution in [3.8, 4) is 5.75 Å². The molecule has 2 aromatic rings. The minimum atomic E-state index is -1.17. The summed E-state index contributed by atoms with van der Waals surface area (Å²) in [4.78, 5) is 15.2. The standard InChI is InChI=1S/C14H15NO3S/c1-9-3-5-11(6-4-9)18-8-7-12-15-10(2)13(19-12)14(16)17/h3-6H,7-8H2,1-2H3,(H,16,17)/p-1. The minimum absolute atomic E-state index is 0.199. The number of carboxylic acid groups (broad SMARTS) is 1. The Morgan fingerprint density at radius 1 is 1.32 bits per heavy atom. The molecule has 0 radical (unpaired) electrons. The molecule has 1 heterocycles. The van der Waals surface area contributed by atoms with Crippen LogP contribution in [0, 0.1) is 13.8 Å². The van der Waals surface area contributed by atoms with E-state index < -0.39 is 5.97 Å². The summed E-state index contributed by atoms with van der Waals surface area (Å²) in [5.41, 5.74) is 1.69. The van der Waals surface area contributed by atoms with E-state index >= 15 is 0 Å². The highest BCUT2D eigenvalue weighted by Gasteiger charge is 2.08. The van der Waals surface area contributed by atoms with Crippen molar-refractivity contribution in [2.24, 2.45) is 0 Å². The molecule has 4 nitrogen and oxygen atoms in total. The Kier molecular flexibility index (Phi) is 4.16. The van der Waals surface area contributed by atoms with Gasteiger partial charge in [0.05, 0.1) is 28.2 Å². The van der Waals surface area contributed by atoms with E-state index in [-0.39, 0.29) is 4.88 Å². The number of nitrogens with zero attached hydrogens (tertiary/aromatic N) is 1. The van der Waals surface area contributed by atoms with Gasteiger partial charge in [-0.2, -0.15) is 0 Å². The van der Waals surface area contributed by atoms with Crippen LogP contribution in [0.1, 0.15) is 25.9 Å². The van der Waals surface area contributed by atoms with Gasteiger partial charge in [0, 0.05) is 6.42 Å². The third-order valence-corrected chi connectivity index (χ3v) is 3.83. The SMILES string of the molecule is Cc1ccc(OCCc2nc(C)c(C(=O)[O-])s2)cc1. The molecule has 1 aromatic carbocycles. The van der Waals surface area contributed by atoms with Gasteiger partial charge in [-0.15, -0.1) is 11.3 Å². The van der Waals surface area contributed by atoms with Gasteiger partial charge < -0.3 is 14.6 Å². The minimum Gasteiger partial charge on any atom is -0.544 e. The van der Waals surface area contributed by atoms with Gasteiger partial charge in [0.15, 0.2) is 0 Å². The molecule has 0 saturated carbocycles. The Labute approximate surface area is 115 Å². The van der Waals surface area contributed by atoms with E-state index in [9.17, 15) is 9.90 Å². The molecule has 0 unspecified atom stereocenters. The van der Waals surface area contributed by atoms with Crippen LogP contribution in [0.3, 0.4) is 0 Å². The molecule has 2 rings (SSSR count). The molecule has 0 fully saturated rings. The number of thiazole rings is 1. The first-order valence-electron chi connectivity index (χ1n) is 5.93. The number of carboxylic acids is 1. The van der Waals surface area contributed by atoms with Crippen molar-refractivity contribution in [3.05, 3.63) is 45.4 Å². The number of hydrogen-bond donors (Lipinski definition) is 0. The first-order valence-corrected chi connectivity index (χ1v) is 6.75. The van der Waals surface area contributed by atoms with Gasteiger partial charge in [-0.25, -0.2) is 4.98 Å². The Morgan fingerprint density at radius 2 is 2.00 bits per heavy atom. The second kappa shape index (κ2) is 5.84. The van der Waals surface area contributed by atoms with E-state index in [1.807, 2.05) is 31.2 Å². The number of carbonyl (C=O) groups is 1. The van der Waals surface area contributed by atoms with Crippen LogP contribution in [0.25, 0.3) is 0 Å². The van der Waals surface area contributed by atoms with E-state index in [1.54, 1.807) is 6.92 Å². The smallest absolute Gasteiger partial charge is 0.119 e. The van der Waals surface area contributed by atoms with Crippen LogP contribution in [-0.2, 0) is 6.42 Å². The summed E-state index contributed by atoms with van der Waals surface area (Å²) in [6.07, 6.45) is 0.590. The van der Waals surface area contributed by atoms with Gasteiger partial charge >= 0.3 is 0 Å². The molecule has 19 heavy (non-hydrogen) atoms. The number of aromatic nitrogens is 1. The van der Waals surface area contributed by atoms with Crippen molar-refractivity contribution in [2.75, 3.05) is 6.61 Å². The fourth-order valence-corrected chi connectivity index (χ4v) is 2.52. The zero-order valence-corrected chi connectivity index (χ0v) is 11.6. The van der Waals surface area contributed by atoms with E-state index in [1.165, 1.54) is 5.56 Å².